The average Bonchev–Trinajstić information content (AvgIpc) is 2.46. The number of hydrogen-bond acceptors (Lipinski definition) is 2. The Labute approximate surface area is 130 Å². The number of carbonyl (C=O) groups is 1. The monoisotopic (exact) mass is 301 g/mol. The highest BCUT2D eigenvalue weighted by Gasteiger charge is 2.09. The third-order valence-electron chi connectivity index (χ3n) is 3.26. The predicted octanol–water partition coefficient (Wildman–Crippen LogP) is 4.49. The zero-order valence-corrected chi connectivity index (χ0v) is 13.0. The zero-order chi connectivity index (χ0) is 16.1. The van der Waals surface area contributed by atoms with Crippen molar-refractivity contribution in [2.45, 2.75) is 33.3 Å². The van der Waals surface area contributed by atoms with Gasteiger partial charge in [0.1, 0.15) is 18.2 Å². The van der Waals surface area contributed by atoms with Gasteiger partial charge in [-0.2, -0.15) is 0 Å². The largest absolute Gasteiger partial charge is 0.489 e. The second kappa shape index (κ2) is 7.07. The topological polar surface area (TPSA) is 38.3 Å². The van der Waals surface area contributed by atoms with Gasteiger partial charge in [0.25, 0.3) is 0 Å². The van der Waals surface area contributed by atoms with E-state index in [4.69, 9.17) is 4.74 Å². The molecule has 0 saturated carbocycles. The molecule has 0 bridgehead atoms. The van der Waals surface area contributed by atoms with Crippen molar-refractivity contribution in [1.29, 1.82) is 0 Å². The number of halogens is 1. The van der Waals surface area contributed by atoms with Crippen molar-refractivity contribution in [3.63, 3.8) is 0 Å². The maximum atomic E-state index is 13.3. The van der Waals surface area contributed by atoms with E-state index in [9.17, 15) is 9.18 Å². The molecule has 0 atom stereocenters. The number of amides is 1. The Hall–Kier alpha value is -2.36. The first-order valence-corrected chi connectivity index (χ1v) is 7.24. The van der Waals surface area contributed by atoms with Crippen molar-refractivity contribution in [1.82, 2.24) is 0 Å². The van der Waals surface area contributed by atoms with Gasteiger partial charge in [0.15, 0.2) is 0 Å². The lowest BCUT2D eigenvalue weighted by Gasteiger charge is -2.14. The number of carbonyl (C=O) groups excluding carboxylic acids is 1. The molecule has 2 aromatic carbocycles. The highest BCUT2D eigenvalue weighted by Crippen LogP contribution is 2.28. The van der Waals surface area contributed by atoms with Crippen LogP contribution in [0.1, 0.15) is 37.8 Å². The van der Waals surface area contributed by atoms with Crippen LogP contribution in [0.5, 0.6) is 5.75 Å². The standard InChI is InChI=1S/C18H20FNO2/c1-12(2)17-10-15(19)6-9-18(17)22-11-14-4-7-16(8-5-14)20-13(3)21/h4-10,12H,11H2,1-3H3,(H,20,21). The van der Waals surface area contributed by atoms with E-state index in [1.165, 1.54) is 19.1 Å². The summed E-state index contributed by atoms with van der Waals surface area (Å²) in [5, 5.41) is 2.71. The summed E-state index contributed by atoms with van der Waals surface area (Å²) in [6.07, 6.45) is 0. The second-order valence-corrected chi connectivity index (χ2v) is 5.50. The van der Waals surface area contributed by atoms with E-state index in [1.54, 1.807) is 6.07 Å². The molecule has 0 aromatic heterocycles. The Morgan fingerprint density at radius 2 is 1.86 bits per heavy atom. The molecular formula is C18H20FNO2. The summed E-state index contributed by atoms with van der Waals surface area (Å²) in [5.41, 5.74) is 2.59. The fraction of sp³-hybridized carbons (Fsp3) is 0.278. The van der Waals surface area contributed by atoms with Gasteiger partial charge in [-0.25, -0.2) is 4.39 Å². The summed E-state index contributed by atoms with van der Waals surface area (Å²) in [4.78, 5) is 11.0. The first-order valence-electron chi connectivity index (χ1n) is 7.24. The molecule has 2 rings (SSSR count). The van der Waals surface area contributed by atoms with Gasteiger partial charge >= 0.3 is 0 Å². The highest BCUT2D eigenvalue weighted by molar-refractivity contribution is 5.88. The predicted molar refractivity (Wildman–Crippen MR) is 85.6 cm³/mol. The first-order chi connectivity index (χ1) is 10.5. The molecule has 3 nitrogen and oxygen atoms in total. The summed E-state index contributed by atoms with van der Waals surface area (Å²) >= 11 is 0. The molecule has 2 aromatic rings. The van der Waals surface area contributed by atoms with Crippen LogP contribution >= 0.6 is 0 Å². The van der Waals surface area contributed by atoms with Crippen LogP contribution in [0.25, 0.3) is 0 Å². The number of nitrogens with one attached hydrogen (secondary N) is 1. The van der Waals surface area contributed by atoms with Gasteiger partial charge in [-0.15, -0.1) is 0 Å². The van der Waals surface area contributed by atoms with Crippen molar-refractivity contribution in [2.24, 2.45) is 0 Å². The molecular weight excluding hydrogens is 281 g/mol. The fourth-order valence-electron chi connectivity index (χ4n) is 2.15. The number of hydrogen-bond donors (Lipinski definition) is 1. The Bertz CT molecular complexity index is 651. The van der Waals surface area contributed by atoms with Crippen molar-refractivity contribution in [3.8, 4) is 5.75 Å². The third kappa shape index (κ3) is 4.32. The van der Waals surface area contributed by atoms with Gasteiger partial charge in [0.2, 0.25) is 5.91 Å². The first kappa shape index (κ1) is 16.0. The molecule has 0 saturated heterocycles. The van der Waals surface area contributed by atoms with E-state index in [0.29, 0.717) is 12.4 Å². The van der Waals surface area contributed by atoms with Crippen molar-refractivity contribution in [3.05, 3.63) is 59.4 Å². The average molecular weight is 301 g/mol. The lowest BCUT2D eigenvalue weighted by Crippen LogP contribution is -2.06. The zero-order valence-electron chi connectivity index (χ0n) is 13.0. The Morgan fingerprint density at radius 1 is 1.18 bits per heavy atom. The van der Waals surface area contributed by atoms with Crippen LogP contribution in [0.4, 0.5) is 10.1 Å². The lowest BCUT2D eigenvalue weighted by molar-refractivity contribution is -0.114. The molecule has 22 heavy (non-hydrogen) atoms. The maximum Gasteiger partial charge on any atom is 0.221 e. The van der Waals surface area contributed by atoms with E-state index >= 15 is 0 Å². The molecule has 1 amide bonds. The molecule has 0 heterocycles. The molecule has 0 unspecified atom stereocenters. The van der Waals surface area contributed by atoms with Crippen LogP contribution in [0.15, 0.2) is 42.5 Å². The number of benzene rings is 2. The number of ether oxygens (including phenoxy) is 1. The summed E-state index contributed by atoms with van der Waals surface area (Å²) < 4.78 is 19.1. The molecule has 1 N–H and O–H groups in total. The highest BCUT2D eigenvalue weighted by atomic mass is 19.1. The van der Waals surface area contributed by atoms with Crippen molar-refractivity contribution >= 4 is 11.6 Å². The molecule has 0 radical (unpaired) electrons. The summed E-state index contributed by atoms with van der Waals surface area (Å²) in [6.45, 7) is 5.87. The molecule has 0 fully saturated rings. The van der Waals surface area contributed by atoms with Gasteiger partial charge in [-0.1, -0.05) is 26.0 Å². The molecule has 0 spiro atoms. The van der Waals surface area contributed by atoms with E-state index in [1.807, 2.05) is 38.1 Å². The molecule has 0 aliphatic carbocycles. The van der Waals surface area contributed by atoms with Crippen LogP contribution in [0, 0.1) is 5.82 Å². The van der Waals surface area contributed by atoms with E-state index in [2.05, 4.69) is 5.32 Å². The summed E-state index contributed by atoms with van der Waals surface area (Å²) in [7, 11) is 0. The number of anilines is 1. The Balaban J connectivity index is 2.05. The molecule has 0 aliphatic rings. The SMILES string of the molecule is CC(=O)Nc1ccc(COc2ccc(F)cc2C(C)C)cc1. The number of rotatable bonds is 5. The van der Waals surface area contributed by atoms with Gasteiger partial charge in [0, 0.05) is 12.6 Å². The lowest BCUT2D eigenvalue weighted by atomic mass is 10.0. The van der Waals surface area contributed by atoms with Crippen LogP contribution < -0.4 is 10.1 Å². The minimum absolute atomic E-state index is 0.100. The maximum absolute atomic E-state index is 13.3. The quantitative estimate of drug-likeness (QED) is 0.884. The van der Waals surface area contributed by atoms with Crippen LogP contribution in [-0.4, -0.2) is 5.91 Å². The Morgan fingerprint density at radius 3 is 2.45 bits per heavy atom. The van der Waals surface area contributed by atoms with E-state index in [0.717, 1.165) is 16.8 Å². The molecule has 4 heteroatoms. The summed E-state index contributed by atoms with van der Waals surface area (Å²) in [6, 6.07) is 12.0. The van der Waals surface area contributed by atoms with Gasteiger partial charge < -0.3 is 10.1 Å². The molecule has 116 valence electrons. The minimum atomic E-state index is -0.254. The fourth-order valence-corrected chi connectivity index (χ4v) is 2.15. The van der Waals surface area contributed by atoms with E-state index in [-0.39, 0.29) is 17.6 Å². The Kier molecular flexibility index (Phi) is 5.15. The normalized spacial score (nSPS) is 10.6. The minimum Gasteiger partial charge on any atom is -0.489 e. The van der Waals surface area contributed by atoms with Crippen LogP contribution in [0.3, 0.4) is 0 Å². The van der Waals surface area contributed by atoms with Crippen LogP contribution in [0.2, 0.25) is 0 Å². The van der Waals surface area contributed by atoms with E-state index < -0.39 is 0 Å². The third-order valence-corrected chi connectivity index (χ3v) is 3.26. The van der Waals surface area contributed by atoms with Gasteiger partial charge in [-0.3, -0.25) is 4.79 Å². The van der Waals surface area contributed by atoms with Crippen molar-refractivity contribution < 1.29 is 13.9 Å². The van der Waals surface area contributed by atoms with Crippen LogP contribution in [-0.2, 0) is 11.4 Å². The van der Waals surface area contributed by atoms with Crippen molar-refractivity contribution in [2.75, 3.05) is 5.32 Å². The smallest absolute Gasteiger partial charge is 0.221 e. The summed E-state index contributed by atoms with van der Waals surface area (Å²) in [5.74, 6) is 0.530. The van der Waals surface area contributed by atoms with Gasteiger partial charge in [-0.05, 0) is 47.4 Å². The second-order valence-electron chi connectivity index (χ2n) is 5.50. The molecule has 0 aliphatic heterocycles. The van der Waals surface area contributed by atoms with Gasteiger partial charge in [0.05, 0.1) is 0 Å².